The molecule has 0 bridgehead atoms. The molecule has 0 saturated carbocycles. The summed E-state index contributed by atoms with van der Waals surface area (Å²) in [6, 6.07) is 8.51. The van der Waals surface area contributed by atoms with E-state index < -0.39 is 0 Å². The summed E-state index contributed by atoms with van der Waals surface area (Å²) >= 11 is 0. The van der Waals surface area contributed by atoms with Crippen LogP contribution in [-0.4, -0.2) is 38.9 Å². The Bertz CT molecular complexity index is 741. The Hall–Kier alpha value is -2.50. The van der Waals surface area contributed by atoms with E-state index in [9.17, 15) is 0 Å². The minimum Gasteiger partial charge on any atom is -0.367 e. The van der Waals surface area contributed by atoms with Crippen molar-refractivity contribution in [3.05, 3.63) is 36.7 Å². The fraction of sp³-hybridized carbons (Fsp3) is 0.375. The van der Waals surface area contributed by atoms with Gasteiger partial charge in [-0.05, 0) is 25.0 Å². The lowest BCUT2D eigenvalue weighted by atomic mass is 10.1. The second-order valence-electron chi connectivity index (χ2n) is 5.90. The molecule has 4 rings (SSSR count). The summed E-state index contributed by atoms with van der Waals surface area (Å²) in [7, 11) is 1.96. The maximum Gasteiger partial charge on any atom is 0.201 e. The zero-order chi connectivity index (χ0) is 14.9. The first kappa shape index (κ1) is 13.2. The monoisotopic (exact) mass is 296 g/mol. The molecule has 1 aliphatic heterocycles. The van der Waals surface area contributed by atoms with E-state index in [0.29, 0.717) is 6.04 Å². The maximum absolute atomic E-state index is 4.61. The van der Waals surface area contributed by atoms with Crippen molar-refractivity contribution in [2.24, 2.45) is 7.05 Å². The summed E-state index contributed by atoms with van der Waals surface area (Å²) in [5, 5.41) is 7.81. The number of aryl methyl sites for hydroxylation is 1. The lowest BCUT2D eigenvalue weighted by Gasteiger charge is -2.33. The van der Waals surface area contributed by atoms with Crippen molar-refractivity contribution < 1.29 is 0 Å². The molecule has 1 aliphatic rings. The number of aromatic amines is 1. The minimum atomic E-state index is 0.398. The number of piperidine rings is 1. The molecule has 0 spiro atoms. The molecule has 0 aliphatic carbocycles. The third kappa shape index (κ3) is 2.52. The lowest BCUT2D eigenvalue weighted by Crippen LogP contribution is -2.42. The Balaban J connectivity index is 1.48. The van der Waals surface area contributed by atoms with Crippen LogP contribution in [-0.2, 0) is 7.05 Å². The number of fused-ring (bicyclic) bond motifs is 1. The number of nitrogens with one attached hydrogen (secondary N) is 2. The quantitative estimate of drug-likeness (QED) is 0.779. The van der Waals surface area contributed by atoms with Crippen molar-refractivity contribution in [1.82, 2.24) is 19.7 Å². The van der Waals surface area contributed by atoms with Crippen LogP contribution >= 0.6 is 0 Å². The van der Waals surface area contributed by atoms with E-state index in [1.54, 1.807) is 0 Å². The smallest absolute Gasteiger partial charge is 0.201 e. The first-order valence-electron chi connectivity index (χ1n) is 7.73. The molecule has 6 heteroatoms. The lowest BCUT2D eigenvalue weighted by molar-refractivity contribution is 0.528. The Morgan fingerprint density at radius 1 is 1.32 bits per heavy atom. The molecular weight excluding hydrogens is 276 g/mol. The molecular formula is C16H20N6. The van der Waals surface area contributed by atoms with Gasteiger partial charge in [-0.3, -0.25) is 4.68 Å². The first-order chi connectivity index (χ1) is 10.8. The van der Waals surface area contributed by atoms with E-state index in [1.807, 2.05) is 36.1 Å². The Kier molecular flexibility index (Phi) is 3.21. The van der Waals surface area contributed by atoms with Gasteiger partial charge in [-0.2, -0.15) is 5.10 Å². The summed E-state index contributed by atoms with van der Waals surface area (Å²) in [5.74, 6) is 0.860. The van der Waals surface area contributed by atoms with Crippen LogP contribution in [0.3, 0.4) is 0 Å². The molecule has 3 heterocycles. The van der Waals surface area contributed by atoms with Crippen LogP contribution in [0.25, 0.3) is 11.0 Å². The van der Waals surface area contributed by atoms with Crippen LogP contribution in [0.15, 0.2) is 36.7 Å². The topological polar surface area (TPSA) is 61.8 Å². The molecule has 1 aromatic carbocycles. The van der Waals surface area contributed by atoms with Crippen LogP contribution in [0, 0.1) is 0 Å². The van der Waals surface area contributed by atoms with Crippen molar-refractivity contribution in [3.63, 3.8) is 0 Å². The third-order valence-corrected chi connectivity index (χ3v) is 4.21. The van der Waals surface area contributed by atoms with Gasteiger partial charge in [0.1, 0.15) is 0 Å². The summed E-state index contributed by atoms with van der Waals surface area (Å²) in [5.41, 5.74) is 3.27. The molecule has 2 N–H and O–H groups in total. The van der Waals surface area contributed by atoms with Crippen molar-refractivity contribution in [1.29, 1.82) is 0 Å². The first-order valence-corrected chi connectivity index (χ1v) is 7.73. The van der Waals surface area contributed by atoms with Crippen LogP contribution in [0.4, 0.5) is 11.6 Å². The zero-order valence-corrected chi connectivity index (χ0v) is 12.7. The van der Waals surface area contributed by atoms with Gasteiger partial charge in [0.2, 0.25) is 5.95 Å². The second kappa shape index (κ2) is 5.36. The number of H-pyrrole nitrogens is 1. The molecule has 3 aromatic rings. The van der Waals surface area contributed by atoms with Crippen LogP contribution in [0.5, 0.6) is 0 Å². The number of benzene rings is 1. The number of aromatic nitrogens is 4. The number of imidazole rings is 1. The Morgan fingerprint density at radius 3 is 3.05 bits per heavy atom. The van der Waals surface area contributed by atoms with Crippen molar-refractivity contribution in [2.45, 2.75) is 18.9 Å². The molecule has 22 heavy (non-hydrogen) atoms. The van der Waals surface area contributed by atoms with Crippen LogP contribution in [0.2, 0.25) is 0 Å². The van der Waals surface area contributed by atoms with Crippen molar-refractivity contribution >= 4 is 22.7 Å². The summed E-state index contributed by atoms with van der Waals surface area (Å²) in [4.78, 5) is 10.3. The van der Waals surface area contributed by atoms with Gasteiger partial charge in [-0.25, -0.2) is 4.98 Å². The van der Waals surface area contributed by atoms with Gasteiger partial charge >= 0.3 is 0 Å². The fourth-order valence-corrected chi connectivity index (χ4v) is 3.12. The van der Waals surface area contributed by atoms with Gasteiger partial charge in [0, 0.05) is 32.4 Å². The van der Waals surface area contributed by atoms with E-state index in [0.717, 1.165) is 36.5 Å². The highest BCUT2D eigenvalue weighted by atomic mass is 15.3. The Labute approximate surface area is 129 Å². The number of nitrogens with zero attached hydrogens (tertiary/aromatic N) is 4. The zero-order valence-electron chi connectivity index (χ0n) is 12.7. The maximum atomic E-state index is 4.61. The van der Waals surface area contributed by atoms with Crippen molar-refractivity contribution in [2.75, 3.05) is 23.3 Å². The minimum absolute atomic E-state index is 0.398. The highest BCUT2D eigenvalue weighted by Crippen LogP contribution is 2.21. The van der Waals surface area contributed by atoms with Gasteiger partial charge < -0.3 is 15.2 Å². The molecule has 1 fully saturated rings. The summed E-state index contributed by atoms with van der Waals surface area (Å²) in [6.07, 6.45) is 6.34. The number of rotatable bonds is 3. The van der Waals surface area contributed by atoms with E-state index in [2.05, 4.69) is 37.5 Å². The number of hydrogen-bond donors (Lipinski definition) is 2. The third-order valence-electron chi connectivity index (χ3n) is 4.21. The molecule has 1 saturated heterocycles. The predicted molar refractivity (Wildman–Crippen MR) is 88.2 cm³/mol. The van der Waals surface area contributed by atoms with E-state index in [4.69, 9.17) is 0 Å². The molecule has 2 aromatic heterocycles. The largest absolute Gasteiger partial charge is 0.367 e. The molecule has 1 unspecified atom stereocenters. The molecule has 114 valence electrons. The van der Waals surface area contributed by atoms with Gasteiger partial charge in [-0.15, -0.1) is 0 Å². The van der Waals surface area contributed by atoms with Crippen LogP contribution in [0.1, 0.15) is 12.8 Å². The van der Waals surface area contributed by atoms with Crippen LogP contribution < -0.4 is 10.2 Å². The average Bonchev–Trinajstić information content (AvgIpc) is 3.13. The van der Waals surface area contributed by atoms with E-state index in [1.165, 1.54) is 12.1 Å². The number of hydrogen-bond acceptors (Lipinski definition) is 4. The molecule has 6 nitrogen and oxygen atoms in total. The van der Waals surface area contributed by atoms with Gasteiger partial charge in [0.15, 0.2) is 0 Å². The SMILES string of the molecule is Cn1cc(N2CCCC(Nc3nc4ccccc4[nH]3)C2)cn1. The normalized spacial score (nSPS) is 18.8. The standard InChI is InChI=1S/C16H20N6/c1-21-11-13(9-17-21)22-8-4-5-12(10-22)18-16-19-14-6-2-3-7-15(14)20-16/h2-3,6-7,9,11-12H,4-5,8,10H2,1H3,(H2,18,19,20). The average molecular weight is 296 g/mol. The highest BCUT2D eigenvalue weighted by molar-refractivity contribution is 5.77. The van der Waals surface area contributed by atoms with E-state index in [-0.39, 0.29) is 0 Å². The predicted octanol–water partition coefficient (Wildman–Crippen LogP) is 2.38. The molecule has 0 amide bonds. The summed E-state index contributed by atoms with van der Waals surface area (Å²) in [6.45, 7) is 2.06. The fourth-order valence-electron chi connectivity index (χ4n) is 3.12. The summed E-state index contributed by atoms with van der Waals surface area (Å²) < 4.78 is 1.85. The highest BCUT2D eigenvalue weighted by Gasteiger charge is 2.21. The number of para-hydroxylation sites is 2. The Morgan fingerprint density at radius 2 is 2.23 bits per heavy atom. The number of anilines is 2. The van der Waals surface area contributed by atoms with Gasteiger partial charge in [0.05, 0.1) is 22.9 Å². The molecule has 1 atom stereocenters. The van der Waals surface area contributed by atoms with Gasteiger partial charge in [0.25, 0.3) is 0 Å². The van der Waals surface area contributed by atoms with Crippen molar-refractivity contribution in [3.8, 4) is 0 Å². The van der Waals surface area contributed by atoms with E-state index >= 15 is 0 Å². The second-order valence-corrected chi connectivity index (χ2v) is 5.90. The molecule has 0 radical (unpaired) electrons. The van der Waals surface area contributed by atoms with Gasteiger partial charge in [-0.1, -0.05) is 12.1 Å².